The lowest BCUT2D eigenvalue weighted by atomic mass is 10.2. The molecule has 2 aromatic rings. The van der Waals surface area contributed by atoms with Crippen molar-refractivity contribution < 1.29 is 8.42 Å². The third-order valence-electron chi connectivity index (χ3n) is 2.13. The van der Waals surface area contributed by atoms with Crippen LogP contribution >= 0.6 is 0 Å². The Hall–Kier alpha value is -1.82. The Labute approximate surface area is 100 Å². The minimum absolute atomic E-state index is 0.567. The largest absolute Gasteiger partial charge is 0.284 e. The molecular weight excluding hydrogens is 238 g/mol. The van der Waals surface area contributed by atoms with E-state index in [0.717, 1.165) is 11.8 Å². The molecule has 6 heteroatoms. The molecule has 0 radical (unpaired) electrons. The van der Waals surface area contributed by atoms with Crippen molar-refractivity contribution in [3.05, 3.63) is 48.3 Å². The Morgan fingerprint density at radius 3 is 2.82 bits per heavy atom. The Morgan fingerprint density at radius 1 is 1.35 bits per heavy atom. The van der Waals surface area contributed by atoms with E-state index in [2.05, 4.69) is 9.82 Å². The van der Waals surface area contributed by atoms with Gasteiger partial charge in [0.25, 0.3) is 0 Å². The van der Waals surface area contributed by atoms with Crippen molar-refractivity contribution >= 4 is 15.7 Å². The normalized spacial score (nSPS) is 11.4. The number of nitrogens with zero attached hydrogens (tertiary/aromatic N) is 2. The highest BCUT2D eigenvalue weighted by atomic mass is 32.2. The van der Waals surface area contributed by atoms with Gasteiger partial charge in [0.2, 0.25) is 10.0 Å². The minimum atomic E-state index is -3.23. The minimum Gasteiger partial charge on any atom is -0.284 e. The van der Waals surface area contributed by atoms with Gasteiger partial charge in [-0.05, 0) is 23.8 Å². The smallest absolute Gasteiger partial charge is 0.229 e. The summed E-state index contributed by atoms with van der Waals surface area (Å²) in [5, 5.41) is 4.09. The van der Waals surface area contributed by atoms with E-state index in [4.69, 9.17) is 0 Å². The predicted octanol–water partition coefficient (Wildman–Crippen LogP) is 1.30. The molecule has 0 saturated heterocycles. The van der Waals surface area contributed by atoms with Crippen molar-refractivity contribution in [1.29, 1.82) is 0 Å². The predicted molar refractivity (Wildman–Crippen MR) is 66.2 cm³/mol. The lowest BCUT2D eigenvalue weighted by molar-refractivity contribution is 0.607. The van der Waals surface area contributed by atoms with Crippen LogP contribution < -0.4 is 4.72 Å². The summed E-state index contributed by atoms with van der Waals surface area (Å²) in [5.41, 5.74) is 1.56. The number of hydrogen-bond acceptors (Lipinski definition) is 3. The number of hydrogen-bond donors (Lipinski definition) is 1. The van der Waals surface area contributed by atoms with Crippen LogP contribution in [0.4, 0.5) is 5.69 Å². The molecule has 1 aromatic carbocycles. The maximum Gasteiger partial charge on any atom is 0.229 e. The SMILES string of the molecule is CS(=O)(=O)Nc1cccc(Cn2cccn2)c1. The molecule has 2 rings (SSSR count). The summed E-state index contributed by atoms with van der Waals surface area (Å²) < 4.78 is 26.4. The lowest BCUT2D eigenvalue weighted by Gasteiger charge is -2.06. The molecule has 1 N–H and O–H groups in total. The van der Waals surface area contributed by atoms with E-state index in [1.165, 1.54) is 0 Å². The topological polar surface area (TPSA) is 64.0 Å². The van der Waals surface area contributed by atoms with E-state index >= 15 is 0 Å². The summed E-state index contributed by atoms with van der Waals surface area (Å²) in [6.45, 7) is 0.617. The lowest BCUT2D eigenvalue weighted by Crippen LogP contribution is -2.10. The Balaban J connectivity index is 2.17. The maximum absolute atomic E-state index is 11.1. The van der Waals surface area contributed by atoms with E-state index in [-0.39, 0.29) is 0 Å². The van der Waals surface area contributed by atoms with Crippen LogP contribution in [0.15, 0.2) is 42.7 Å². The van der Waals surface area contributed by atoms with Crippen LogP contribution in [0.25, 0.3) is 0 Å². The molecule has 0 bridgehead atoms. The third-order valence-corrected chi connectivity index (χ3v) is 2.74. The molecule has 0 aliphatic rings. The first-order valence-electron chi connectivity index (χ1n) is 5.07. The van der Waals surface area contributed by atoms with Crippen molar-refractivity contribution in [2.45, 2.75) is 6.54 Å². The van der Waals surface area contributed by atoms with Crippen LogP contribution in [0, 0.1) is 0 Å². The molecule has 0 aliphatic heterocycles. The van der Waals surface area contributed by atoms with E-state index in [1.807, 2.05) is 24.4 Å². The standard InChI is InChI=1S/C11H13N3O2S/c1-17(15,16)13-11-5-2-4-10(8-11)9-14-7-3-6-12-14/h2-8,13H,9H2,1H3. The van der Waals surface area contributed by atoms with Crippen molar-refractivity contribution in [3.63, 3.8) is 0 Å². The molecule has 0 aliphatic carbocycles. The monoisotopic (exact) mass is 251 g/mol. The highest BCUT2D eigenvalue weighted by molar-refractivity contribution is 7.92. The molecule has 0 saturated carbocycles. The number of aromatic nitrogens is 2. The van der Waals surface area contributed by atoms with Gasteiger partial charge in [-0.3, -0.25) is 9.40 Å². The summed E-state index contributed by atoms with van der Waals surface area (Å²) in [7, 11) is -3.23. The molecule has 5 nitrogen and oxygen atoms in total. The van der Waals surface area contributed by atoms with Gasteiger partial charge < -0.3 is 0 Å². The van der Waals surface area contributed by atoms with Gasteiger partial charge in [0, 0.05) is 18.1 Å². The first-order chi connectivity index (χ1) is 8.03. The molecule has 0 spiro atoms. The van der Waals surface area contributed by atoms with Gasteiger partial charge in [-0.25, -0.2) is 8.42 Å². The summed E-state index contributed by atoms with van der Waals surface area (Å²) >= 11 is 0. The summed E-state index contributed by atoms with van der Waals surface area (Å²) in [5.74, 6) is 0. The van der Waals surface area contributed by atoms with Crippen LogP contribution in [0.3, 0.4) is 0 Å². The van der Waals surface area contributed by atoms with Crippen molar-refractivity contribution in [3.8, 4) is 0 Å². The van der Waals surface area contributed by atoms with Gasteiger partial charge in [-0.15, -0.1) is 0 Å². The number of benzene rings is 1. The second kappa shape index (κ2) is 4.58. The highest BCUT2D eigenvalue weighted by Crippen LogP contribution is 2.12. The average Bonchev–Trinajstić information content (AvgIpc) is 2.68. The number of nitrogens with one attached hydrogen (secondary N) is 1. The maximum atomic E-state index is 11.1. The van der Waals surface area contributed by atoms with Gasteiger partial charge in [0.05, 0.1) is 12.8 Å². The summed E-state index contributed by atoms with van der Waals surface area (Å²) in [6.07, 6.45) is 4.70. The van der Waals surface area contributed by atoms with Gasteiger partial charge in [0.1, 0.15) is 0 Å². The summed E-state index contributed by atoms with van der Waals surface area (Å²) in [6, 6.07) is 9.09. The third kappa shape index (κ3) is 3.60. The van der Waals surface area contributed by atoms with E-state index in [1.54, 1.807) is 23.0 Å². The molecule has 1 aromatic heterocycles. The van der Waals surface area contributed by atoms with Crippen molar-refractivity contribution in [1.82, 2.24) is 9.78 Å². The van der Waals surface area contributed by atoms with Crippen LogP contribution in [-0.4, -0.2) is 24.5 Å². The fraction of sp³-hybridized carbons (Fsp3) is 0.182. The van der Waals surface area contributed by atoms with Crippen molar-refractivity contribution in [2.75, 3.05) is 11.0 Å². The zero-order valence-corrected chi connectivity index (χ0v) is 10.2. The quantitative estimate of drug-likeness (QED) is 0.891. The zero-order chi connectivity index (χ0) is 12.3. The first-order valence-corrected chi connectivity index (χ1v) is 6.96. The van der Waals surface area contributed by atoms with Crippen LogP contribution in [0.5, 0.6) is 0 Å². The number of sulfonamides is 1. The van der Waals surface area contributed by atoms with Crippen molar-refractivity contribution in [2.24, 2.45) is 0 Å². The van der Waals surface area contributed by atoms with E-state index < -0.39 is 10.0 Å². The van der Waals surface area contributed by atoms with Crippen LogP contribution in [-0.2, 0) is 16.6 Å². The highest BCUT2D eigenvalue weighted by Gasteiger charge is 2.02. The van der Waals surface area contributed by atoms with Gasteiger partial charge in [-0.1, -0.05) is 12.1 Å². The number of anilines is 1. The molecular formula is C11H13N3O2S. The molecule has 0 atom stereocenters. The van der Waals surface area contributed by atoms with Gasteiger partial charge in [0.15, 0.2) is 0 Å². The Morgan fingerprint density at radius 2 is 2.18 bits per heavy atom. The first kappa shape index (κ1) is 11.7. The molecule has 90 valence electrons. The van der Waals surface area contributed by atoms with Gasteiger partial charge in [-0.2, -0.15) is 5.10 Å². The molecule has 0 unspecified atom stereocenters. The fourth-order valence-corrected chi connectivity index (χ4v) is 2.08. The second-order valence-electron chi connectivity index (χ2n) is 3.78. The van der Waals surface area contributed by atoms with Gasteiger partial charge >= 0.3 is 0 Å². The molecule has 1 heterocycles. The average molecular weight is 251 g/mol. The molecule has 0 amide bonds. The van der Waals surface area contributed by atoms with E-state index in [0.29, 0.717) is 12.2 Å². The van der Waals surface area contributed by atoms with Crippen LogP contribution in [0.2, 0.25) is 0 Å². The number of rotatable bonds is 4. The fourth-order valence-electron chi connectivity index (χ4n) is 1.53. The molecule has 17 heavy (non-hydrogen) atoms. The zero-order valence-electron chi connectivity index (χ0n) is 9.37. The van der Waals surface area contributed by atoms with Crippen LogP contribution in [0.1, 0.15) is 5.56 Å². The Kier molecular flexibility index (Phi) is 3.14. The summed E-state index contributed by atoms with van der Waals surface area (Å²) in [4.78, 5) is 0. The molecule has 0 fully saturated rings. The van der Waals surface area contributed by atoms with E-state index in [9.17, 15) is 8.42 Å². The second-order valence-corrected chi connectivity index (χ2v) is 5.53. The Bertz CT molecular complexity index is 591.